The number of rotatable bonds is 2. The van der Waals surface area contributed by atoms with E-state index in [9.17, 15) is 13.6 Å². The summed E-state index contributed by atoms with van der Waals surface area (Å²) in [6.45, 7) is 3.86. The molecule has 1 aromatic carbocycles. The molecule has 6 rings (SSSR count). The first kappa shape index (κ1) is 15.7. The largest absolute Gasteiger partial charge is 0.346 e. The smallest absolute Gasteiger partial charge is 0.261 e. The van der Waals surface area contributed by atoms with Gasteiger partial charge in [0.1, 0.15) is 0 Å². The van der Waals surface area contributed by atoms with E-state index in [0.717, 1.165) is 38.8 Å². The lowest BCUT2D eigenvalue weighted by Gasteiger charge is -2.52. The lowest BCUT2D eigenvalue weighted by atomic mass is 9.77. The minimum absolute atomic E-state index is 0.105. The fourth-order valence-corrected chi connectivity index (χ4v) is 5.97. The Hall–Kier alpha value is -1.53. The second kappa shape index (κ2) is 5.24. The van der Waals surface area contributed by atoms with Crippen LogP contribution in [0.4, 0.5) is 8.78 Å². The van der Waals surface area contributed by atoms with E-state index in [0.29, 0.717) is 20.9 Å². The molecule has 1 saturated carbocycles. The van der Waals surface area contributed by atoms with Gasteiger partial charge in [-0.2, -0.15) is 0 Å². The number of amides is 1. The number of aryl methyl sites for hydroxylation is 1. The Morgan fingerprint density at radius 2 is 2.00 bits per heavy atom. The van der Waals surface area contributed by atoms with Crippen LogP contribution in [0.3, 0.4) is 0 Å². The number of piperidine rings is 3. The molecule has 1 spiro atoms. The lowest BCUT2D eigenvalue weighted by Crippen LogP contribution is -2.65. The van der Waals surface area contributed by atoms with Crippen molar-refractivity contribution in [2.75, 3.05) is 13.1 Å². The zero-order valence-electron chi connectivity index (χ0n) is 14.1. The molecule has 2 bridgehead atoms. The van der Waals surface area contributed by atoms with Gasteiger partial charge in [-0.3, -0.25) is 9.69 Å². The summed E-state index contributed by atoms with van der Waals surface area (Å²) in [6, 6.07) is 3.08. The van der Waals surface area contributed by atoms with Crippen molar-refractivity contribution in [2.45, 2.75) is 44.2 Å². The first-order valence-electron chi connectivity index (χ1n) is 8.94. The third-order valence-corrected chi connectivity index (χ3v) is 7.68. The van der Waals surface area contributed by atoms with E-state index >= 15 is 0 Å². The molecule has 3 nitrogen and oxygen atoms in total. The lowest BCUT2D eigenvalue weighted by molar-refractivity contribution is -0.00138. The van der Waals surface area contributed by atoms with Gasteiger partial charge >= 0.3 is 0 Å². The van der Waals surface area contributed by atoms with Crippen molar-refractivity contribution in [3.63, 3.8) is 0 Å². The topological polar surface area (TPSA) is 32.3 Å². The number of nitrogens with zero attached hydrogens (tertiary/aromatic N) is 1. The van der Waals surface area contributed by atoms with Crippen LogP contribution in [0.1, 0.15) is 40.9 Å². The molecule has 3 saturated heterocycles. The number of halogens is 2. The Bertz CT molecular complexity index is 881. The van der Waals surface area contributed by atoms with E-state index in [4.69, 9.17) is 0 Å². The van der Waals surface area contributed by atoms with Crippen molar-refractivity contribution in [2.24, 2.45) is 5.92 Å². The molecule has 4 fully saturated rings. The minimum atomic E-state index is -0.857. The molecule has 6 heteroatoms. The van der Waals surface area contributed by atoms with Gasteiger partial charge in [0.15, 0.2) is 11.6 Å². The monoisotopic (exact) mass is 362 g/mol. The van der Waals surface area contributed by atoms with Crippen LogP contribution < -0.4 is 5.32 Å². The highest BCUT2D eigenvalue weighted by Crippen LogP contribution is 2.53. The number of hydrogen-bond donors (Lipinski definition) is 1. The van der Waals surface area contributed by atoms with Gasteiger partial charge in [0.05, 0.1) is 10.9 Å². The molecular weight excluding hydrogens is 342 g/mol. The Kier molecular flexibility index (Phi) is 3.29. The molecule has 1 amide bonds. The molecule has 4 aliphatic rings. The summed E-state index contributed by atoms with van der Waals surface area (Å²) in [5, 5.41) is 3.87. The number of carbonyl (C=O) groups excluding carboxylic acids is 1. The van der Waals surface area contributed by atoms with Crippen molar-refractivity contribution >= 4 is 27.3 Å². The van der Waals surface area contributed by atoms with E-state index in [-0.39, 0.29) is 23.1 Å². The molecule has 1 N–H and O–H groups in total. The van der Waals surface area contributed by atoms with Crippen molar-refractivity contribution in [3.8, 4) is 0 Å². The second-order valence-electron chi connectivity index (χ2n) is 7.71. The molecule has 25 heavy (non-hydrogen) atoms. The van der Waals surface area contributed by atoms with Gasteiger partial charge in [-0.1, -0.05) is 0 Å². The normalized spacial score (nSPS) is 29.3. The van der Waals surface area contributed by atoms with Gasteiger partial charge in [0.2, 0.25) is 0 Å². The summed E-state index contributed by atoms with van der Waals surface area (Å²) in [5.41, 5.74) is 0.460. The van der Waals surface area contributed by atoms with Crippen molar-refractivity contribution < 1.29 is 13.6 Å². The maximum Gasteiger partial charge on any atom is 0.261 e. The first-order chi connectivity index (χ1) is 12.0. The number of nitrogens with one attached hydrogen (secondary N) is 1. The molecule has 2 aromatic rings. The fourth-order valence-electron chi connectivity index (χ4n) is 4.93. The molecule has 1 unspecified atom stereocenters. The van der Waals surface area contributed by atoms with Gasteiger partial charge < -0.3 is 5.32 Å². The van der Waals surface area contributed by atoms with E-state index < -0.39 is 11.6 Å². The second-order valence-corrected chi connectivity index (χ2v) is 8.76. The number of benzene rings is 1. The van der Waals surface area contributed by atoms with E-state index in [1.807, 2.05) is 0 Å². The highest BCUT2D eigenvalue weighted by Gasteiger charge is 2.60. The summed E-state index contributed by atoms with van der Waals surface area (Å²) in [4.78, 5) is 15.9. The zero-order valence-corrected chi connectivity index (χ0v) is 14.9. The van der Waals surface area contributed by atoms with Gasteiger partial charge in [-0.15, -0.1) is 11.3 Å². The van der Waals surface area contributed by atoms with E-state index in [1.165, 1.54) is 17.4 Å². The SMILES string of the molecule is Cc1c(F)c(F)cc2cc(C(=O)NC3C4CCN(CC4)C34CC4)sc12. The van der Waals surface area contributed by atoms with Crippen LogP contribution in [0.2, 0.25) is 0 Å². The molecule has 3 aliphatic heterocycles. The number of carbonyl (C=O) groups is 1. The van der Waals surface area contributed by atoms with Crippen LogP contribution >= 0.6 is 11.3 Å². The Morgan fingerprint density at radius 3 is 2.68 bits per heavy atom. The van der Waals surface area contributed by atoms with Gasteiger partial charge in [-0.05, 0) is 69.1 Å². The van der Waals surface area contributed by atoms with E-state index in [1.54, 1.807) is 13.0 Å². The average Bonchev–Trinajstić information content (AvgIpc) is 3.27. The van der Waals surface area contributed by atoms with Crippen molar-refractivity contribution in [1.29, 1.82) is 0 Å². The van der Waals surface area contributed by atoms with Gasteiger partial charge in [0, 0.05) is 15.8 Å². The molecule has 1 atom stereocenters. The molecule has 0 radical (unpaired) electrons. The van der Waals surface area contributed by atoms with Crippen LogP contribution in [-0.2, 0) is 0 Å². The predicted molar refractivity (Wildman–Crippen MR) is 94.0 cm³/mol. The zero-order chi connectivity index (χ0) is 17.3. The molecule has 1 aromatic heterocycles. The third-order valence-electron chi connectivity index (χ3n) is 6.41. The molecule has 4 heterocycles. The number of thiophene rings is 1. The van der Waals surface area contributed by atoms with Crippen LogP contribution in [-0.4, -0.2) is 35.5 Å². The predicted octanol–water partition coefficient (Wildman–Crippen LogP) is 3.84. The highest BCUT2D eigenvalue weighted by atomic mass is 32.1. The Morgan fingerprint density at radius 1 is 1.28 bits per heavy atom. The first-order valence-corrected chi connectivity index (χ1v) is 9.75. The molecule has 132 valence electrons. The standard InChI is InChI=1S/C19H20F2N2OS/c1-10-15(21)13(20)8-12-9-14(25-16(10)12)18(24)22-17-11-2-6-23(7-3-11)19(17)4-5-19/h8-9,11,17H,2-7H2,1H3,(H,22,24). The molecule has 1 aliphatic carbocycles. The maximum absolute atomic E-state index is 13.8. The highest BCUT2D eigenvalue weighted by molar-refractivity contribution is 7.21. The van der Waals surface area contributed by atoms with Crippen molar-refractivity contribution in [3.05, 3.63) is 34.2 Å². The van der Waals surface area contributed by atoms with Crippen LogP contribution in [0.25, 0.3) is 10.1 Å². The summed E-state index contributed by atoms with van der Waals surface area (Å²) in [6.07, 6.45) is 4.62. The summed E-state index contributed by atoms with van der Waals surface area (Å²) in [5.74, 6) is -1.23. The van der Waals surface area contributed by atoms with Crippen LogP contribution in [0.15, 0.2) is 12.1 Å². The Balaban J connectivity index is 1.45. The number of hydrogen-bond acceptors (Lipinski definition) is 3. The summed E-state index contributed by atoms with van der Waals surface area (Å²) >= 11 is 1.25. The molecular formula is C19H20F2N2OS. The third kappa shape index (κ3) is 2.20. The summed E-state index contributed by atoms with van der Waals surface area (Å²) < 4.78 is 28.1. The van der Waals surface area contributed by atoms with Gasteiger partial charge in [0.25, 0.3) is 5.91 Å². The summed E-state index contributed by atoms with van der Waals surface area (Å²) in [7, 11) is 0. The fraction of sp³-hybridized carbons (Fsp3) is 0.526. The van der Waals surface area contributed by atoms with Crippen LogP contribution in [0.5, 0.6) is 0 Å². The van der Waals surface area contributed by atoms with E-state index in [2.05, 4.69) is 10.2 Å². The quantitative estimate of drug-likeness (QED) is 0.880. The average molecular weight is 362 g/mol. The minimum Gasteiger partial charge on any atom is -0.346 e. The number of fused-ring (bicyclic) bond motifs is 3. The van der Waals surface area contributed by atoms with Gasteiger partial charge in [-0.25, -0.2) is 8.78 Å². The maximum atomic E-state index is 13.8. The van der Waals surface area contributed by atoms with Crippen LogP contribution in [0, 0.1) is 24.5 Å². The Labute approximate surface area is 149 Å². The van der Waals surface area contributed by atoms with Crippen molar-refractivity contribution in [1.82, 2.24) is 10.2 Å².